The molecule has 17 heavy (non-hydrogen) atoms. The largest absolute Gasteiger partial charge is 0.461 e. The fraction of sp³-hybridized carbons (Fsp3) is 0.786. The van der Waals surface area contributed by atoms with Crippen LogP contribution >= 0.6 is 0 Å². The monoisotopic (exact) mass is 238 g/mol. The first-order valence-corrected chi connectivity index (χ1v) is 6.37. The Labute approximate surface area is 103 Å². The zero-order chi connectivity index (χ0) is 12.8. The molecule has 0 amide bonds. The highest BCUT2D eigenvalue weighted by atomic mass is 16.6. The van der Waals surface area contributed by atoms with Gasteiger partial charge in [-0.2, -0.15) is 0 Å². The van der Waals surface area contributed by atoms with E-state index in [1.165, 1.54) is 0 Å². The first kappa shape index (κ1) is 12.6. The second-order valence-corrected chi connectivity index (χ2v) is 6.22. The van der Waals surface area contributed by atoms with Crippen LogP contribution in [-0.4, -0.2) is 23.3 Å². The van der Waals surface area contributed by atoms with Crippen molar-refractivity contribution in [2.24, 2.45) is 23.2 Å². The normalized spacial score (nSPS) is 38.4. The van der Waals surface area contributed by atoms with Crippen molar-refractivity contribution in [3.8, 4) is 0 Å². The lowest BCUT2D eigenvalue weighted by molar-refractivity contribution is -0.145. The van der Waals surface area contributed by atoms with Gasteiger partial charge in [-0.3, -0.25) is 4.79 Å². The highest BCUT2D eigenvalue weighted by molar-refractivity contribution is 5.72. The van der Waals surface area contributed by atoms with Gasteiger partial charge in [-0.25, -0.2) is 0 Å². The van der Waals surface area contributed by atoms with Crippen molar-refractivity contribution in [3.63, 3.8) is 0 Å². The maximum Gasteiger partial charge on any atom is 0.306 e. The predicted molar refractivity (Wildman–Crippen MR) is 65.2 cm³/mol. The summed E-state index contributed by atoms with van der Waals surface area (Å²) < 4.78 is 5.42. The van der Waals surface area contributed by atoms with Crippen LogP contribution in [0.5, 0.6) is 0 Å². The van der Waals surface area contributed by atoms with Crippen molar-refractivity contribution in [3.05, 3.63) is 12.7 Å². The Bertz CT molecular complexity index is 334. The Balaban J connectivity index is 2.20. The van der Waals surface area contributed by atoms with Gasteiger partial charge < -0.3 is 9.84 Å². The van der Waals surface area contributed by atoms with E-state index in [-0.39, 0.29) is 35.2 Å². The van der Waals surface area contributed by atoms with Crippen molar-refractivity contribution >= 4 is 5.97 Å². The van der Waals surface area contributed by atoms with Crippen molar-refractivity contribution in [2.45, 2.75) is 45.8 Å². The molecular weight excluding hydrogens is 216 g/mol. The predicted octanol–water partition coefficient (Wildman–Crippen LogP) is 2.15. The second-order valence-electron chi connectivity index (χ2n) is 6.22. The summed E-state index contributed by atoms with van der Waals surface area (Å²) in [6.45, 7) is 9.94. The summed E-state index contributed by atoms with van der Waals surface area (Å²) in [4.78, 5) is 11.4. The van der Waals surface area contributed by atoms with Crippen LogP contribution in [0, 0.1) is 23.2 Å². The fourth-order valence-corrected chi connectivity index (χ4v) is 3.47. The van der Waals surface area contributed by atoms with E-state index in [2.05, 4.69) is 20.4 Å². The summed E-state index contributed by atoms with van der Waals surface area (Å²) in [6.07, 6.45) is 2.71. The molecule has 0 aromatic carbocycles. The molecule has 0 spiro atoms. The fourth-order valence-electron chi connectivity index (χ4n) is 3.47. The third-order valence-corrected chi connectivity index (χ3v) is 4.48. The lowest BCUT2D eigenvalue weighted by Gasteiger charge is -2.26. The van der Waals surface area contributed by atoms with Crippen LogP contribution in [0.4, 0.5) is 0 Å². The molecule has 1 heterocycles. The molecule has 0 radical (unpaired) electrons. The summed E-state index contributed by atoms with van der Waals surface area (Å²) in [5.41, 5.74) is -0.0244. The van der Waals surface area contributed by atoms with Crippen molar-refractivity contribution in [1.29, 1.82) is 0 Å². The van der Waals surface area contributed by atoms with Crippen LogP contribution in [0.2, 0.25) is 0 Å². The number of aliphatic hydroxyl groups is 1. The van der Waals surface area contributed by atoms with E-state index >= 15 is 0 Å². The number of hydrogen-bond donors (Lipinski definition) is 1. The molecule has 1 saturated heterocycles. The summed E-state index contributed by atoms with van der Waals surface area (Å²) in [5.74, 6) is 0.269. The Hall–Kier alpha value is -0.830. The molecule has 0 aromatic rings. The summed E-state index contributed by atoms with van der Waals surface area (Å²) in [6, 6.07) is 0. The van der Waals surface area contributed by atoms with Gasteiger partial charge >= 0.3 is 5.97 Å². The molecule has 2 aliphatic rings. The number of carbonyl (C=O) groups excluding carboxylic acids is 1. The van der Waals surface area contributed by atoms with E-state index in [1.807, 2.05) is 6.92 Å². The van der Waals surface area contributed by atoms with E-state index in [4.69, 9.17) is 4.74 Å². The number of hydrogen-bond acceptors (Lipinski definition) is 3. The van der Waals surface area contributed by atoms with E-state index in [0.29, 0.717) is 6.42 Å². The number of aliphatic hydroxyl groups excluding tert-OH is 1. The number of carbonyl (C=O) groups is 1. The standard InChI is InChI=1S/C14H22O3/c1-5-8(2)12(16)10-7-14(3,4)13-9(10)6-11(15)17-13/h5,8-10,12-13,16H,1,6-7H2,2-4H3/t8-,9+,10+,12-,13+/m0/s1. The topological polar surface area (TPSA) is 46.5 Å². The minimum atomic E-state index is -0.420. The van der Waals surface area contributed by atoms with E-state index in [9.17, 15) is 9.90 Å². The first-order chi connectivity index (χ1) is 7.86. The average Bonchev–Trinajstić information content (AvgIpc) is 2.75. The van der Waals surface area contributed by atoms with Gasteiger partial charge in [0.25, 0.3) is 0 Å². The Kier molecular flexibility index (Phi) is 3.06. The number of esters is 1. The van der Waals surface area contributed by atoms with Gasteiger partial charge in [-0.15, -0.1) is 6.58 Å². The van der Waals surface area contributed by atoms with Crippen molar-refractivity contribution < 1.29 is 14.6 Å². The number of ether oxygens (including phenoxy) is 1. The number of rotatable bonds is 3. The van der Waals surface area contributed by atoms with Crippen LogP contribution in [0.1, 0.15) is 33.6 Å². The average molecular weight is 238 g/mol. The van der Waals surface area contributed by atoms with E-state index in [0.717, 1.165) is 6.42 Å². The van der Waals surface area contributed by atoms with Gasteiger partial charge in [0.15, 0.2) is 0 Å². The van der Waals surface area contributed by atoms with E-state index in [1.54, 1.807) is 6.08 Å². The van der Waals surface area contributed by atoms with Crippen molar-refractivity contribution in [2.75, 3.05) is 0 Å². The molecule has 1 N–H and O–H groups in total. The van der Waals surface area contributed by atoms with Crippen LogP contribution in [0.25, 0.3) is 0 Å². The lowest BCUT2D eigenvalue weighted by atomic mass is 9.83. The van der Waals surface area contributed by atoms with Crippen LogP contribution in [-0.2, 0) is 9.53 Å². The van der Waals surface area contributed by atoms with Gasteiger partial charge in [-0.1, -0.05) is 26.8 Å². The van der Waals surface area contributed by atoms with E-state index < -0.39 is 6.10 Å². The molecule has 2 fully saturated rings. The Morgan fingerprint density at radius 2 is 2.24 bits per heavy atom. The van der Waals surface area contributed by atoms with Crippen LogP contribution in [0.3, 0.4) is 0 Å². The molecule has 0 aromatic heterocycles. The van der Waals surface area contributed by atoms with Gasteiger partial charge in [0.1, 0.15) is 6.10 Å². The van der Waals surface area contributed by atoms with Crippen LogP contribution in [0.15, 0.2) is 12.7 Å². The molecule has 0 unspecified atom stereocenters. The minimum absolute atomic E-state index is 0.0216. The third kappa shape index (κ3) is 2.01. The minimum Gasteiger partial charge on any atom is -0.461 e. The maximum atomic E-state index is 11.4. The quantitative estimate of drug-likeness (QED) is 0.605. The maximum absolute atomic E-state index is 11.4. The molecule has 2 rings (SSSR count). The molecule has 3 nitrogen and oxygen atoms in total. The number of fused-ring (bicyclic) bond motifs is 1. The zero-order valence-corrected chi connectivity index (χ0v) is 10.8. The zero-order valence-electron chi connectivity index (χ0n) is 10.8. The molecule has 1 aliphatic heterocycles. The third-order valence-electron chi connectivity index (χ3n) is 4.48. The Morgan fingerprint density at radius 3 is 2.82 bits per heavy atom. The van der Waals surface area contributed by atoms with Gasteiger partial charge in [-0.05, 0) is 18.3 Å². The van der Waals surface area contributed by atoms with Gasteiger partial charge in [0.05, 0.1) is 12.5 Å². The second kappa shape index (κ2) is 4.13. The summed E-state index contributed by atoms with van der Waals surface area (Å²) >= 11 is 0. The molecular formula is C14H22O3. The van der Waals surface area contributed by atoms with Crippen molar-refractivity contribution in [1.82, 2.24) is 0 Å². The SMILES string of the molecule is C=C[C@H](C)[C@H](O)[C@@H]1CC(C)(C)[C@@H]2OC(=O)C[C@H]12. The molecule has 0 bridgehead atoms. The molecule has 1 saturated carbocycles. The molecule has 5 atom stereocenters. The summed E-state index contributed by atoms with van der Waals surface area (Å²) in [5, 5.41) is 10.3. The van der Waals surface area contributed by atoms with Crippen LogP contribution < -0.4 is 0 Å². The van der Waals surface area contributed by atoms with Gasteiger partial charge in [0.2, 0.25) is 0 Å². The molecule has 3 heteroatoms. The highest BCUT2D eigenvalue weighted by Crippen LogP contribution is 2.53. The molecule has 1 aliphatic carbocycles. The first-order valence-electron chi connectivity index (χ1n) is 6.37. The highest BCUT2D eigenvalue weighted by Gasteiger charge is 2.56. The molecule has 96 valence electrons. The van der Waals surface area contributed by atoms with Gasteiger partial charge in [0, 0.05) is 11.3 Å². The Morgan fingerprint density at radius 1 is 1.59 bits per heavy atom. The lowest BCUT2D eigenvalue weighted by Crippen LogP contribution is -2.30. The summed E-state index contributed by atoms with van der Waals surface area (Å²) in [7, 11) is 0. The smallest absolute Gasteiger partial charge is 0.306 e.